The Morgan fingerprint density at radius 3 is 2.30 bits per heavy atom. The molecule has 1 aromatic heterocycles. The number of hydrogen-bond donors (Lipinski definition) is 1. The molecule has 166 valence electrons. The molecule has 4 aromatic rings. The number of carbonyl (C=O) groups is 2. The average molecular weight is 440 g/mol. The third kappa shape index (κ3) is 3.96. The molecule has 33 heavy (non-hydrogen) atoms. The molecule has 5 rings (SSSR count). The van der Waals surface area contributed by atoms with Gasteiger partial charge in [0.1, 0.15) is 13.2 Å². The third-order valence-corrected chi connectivity index (χ3v) is 6.25. The lowest BCUT2D eigenvalue weighted by molar-refractivity contribution is -0.138. The van der Waals surface area contributed by atoms with Gasteiger partial charge < -0.3 is 14.4 Å². The van der Waals surface area contributed by atoms with Crippen LogP contribution in [0.4, 0.5) is 4.79 Å². The molecule has 0 saturated carbocycles. The summed E-state index contributed by atoms with van der Waals surface area (Å²) in [5.41, 5.74) is 6.39. The first-order chi connectivity index (χ1) is 16.0. The molecule has 1 heterocycles. The SMILES string of the molecule is Cn1ccc2ccc(CN(CC(=O)O)C(=O)OCC3c4ccccc4-c4ccccc43)cc21. The molecule has 0 saturated heterocycles. The van der Waals surface area contributed by atoms with Crippen molar-refractivity contribution in [3.8, 4) is 11.1 Å². The van der Waals surface area contributed by atoms with Gasteiger partial charge in [0, 0.05) is 31.2 Å². The van der Waals surface area contributed by atoms with Crippen LogP contribution < -0.4 is 0 Å². The first-order valence-electron chi connectivity index (χ1n) is 10.9. The Bertz CT molecular complexity index is 1310. The van der Waals surface area contributed by atoms with Crippen LogP contribution >= 0.6 is 0 Å². The molecule has 1 amide bonds. The molecular formula is C27H24N2O4. The van der Waals surface area contributed by atoms with Crippen molar-refractivity contribution in [2.45, 2.75) is 12.5 Å². The maximum atomic E-state index is 13.0. The minimum absolute atomic E-state index is 0.0762. The number of aryl methyl sites for hydroxylation is 1. The number of carboxylic acid groups (broad SMARTS) is 1. The Kier molecular flexibility index (Phi) is 5.34. The van der Waals surface area contributed by atoms with E-state index in [0.29, 0.717) is 0 Å². The van der Waals surface area contributed by atoms with E-state index in [-0.39, 0.29) is 19.1 Å². The fourth-order valence-corrected chi connectivity index (χ4v) is 4.66. The van der Waals surface area contributed by atoms with Gasteiger partial charge in [-0.15, -0.1) is 0 Å². The summed E-state index contributed by atoms with van der Waals surface area (Å²) in [4.78, 5) is 25.7. The molecule has 6 nitrogen and oxygen atoms in total. The second kappa shape index (κ2) is 8.47. The fourth-order valence-electron chi connectivity index (χ4n) is 4.66. The van der Waals surface area contributed by atoms with Crippen molar-refractivity contribution in [2.75, 3.05) is 13.2 Å². The van der Waals surface area contributed by atoms with Crippen LogP contribution in [0.15, 0.2) is 79.0 Å². The molecule has 1 aliphatic rings. The molecule has 1 N–H and O–H groups in total. The van der Waals surface area contributed by atoms with Crippen LogP contribution in [0.1, 0.15) is 22.6 Å². The van der Waals surface area contributed by atoms with E-state index in [0.717, 1.165) is 38.7 Å². The van der Waals surface area contributed by atoms with E-state index in [2.05, 4.69) is 24.3 Å². The van der Waals surface area contributed by atoms with E-state index in [4.69, 9.17) is 4.74 Å². The lowest BCUT2D eigenvalue weighted by atomic mass is 9.98. The summed E-state index contributed by atoms with van der Waals surface area (Å²) in [6.45, 7) is -0.119. The van der Waals surface area contributed by atoms with Crippen LogP contribution in [0.3, 0.4) is 0 Å². The van der Waals surface area contributed by atoms with Gasteiger partial charge in [-0.2, -0.15) is 0 Å². The Hall–Kier alpha value is -4.06. The summed E-state index contributed by atoms with van der Waals surface area (Å²) in [6.07, 6.45) is 1.33. The van der Waals surface area contributed by atoms with Gasteiger partial charge in [0.05, 0.1) is 0 Å². The number of hydrogen-bond acceptors (Lipinski definition) is 3. The van der Waals surface area contributed by atoms with Crippen molar-refractivity contribution < 1.29 is 19.4 Å². The van der Waals surface area contributed by atoms with Gasteiger partial charge in [-0.1, -0.05) is 60.7 Å². The minimum Gasteiger partial charge on any atom is -0.480 e. The highest BCUT2D eigenvalue weighted by molar-refractivity contribution is 5.82. The van der Waals surface area contributed by atoms with Gasteiger partial charge in [-0.25, -0.2) is 4.79 Å². The summed E-state index contributed by atoms with van der Waals surface area (Å²) in [5, 5.41) is 10.5. The highest BCUT2D eigenvalue weighted by atomic mass is 16.6. The predicted octanol–water partition coefficient (Wildman–Crippen LogP) is 5.01. The summed E-state index contributed by atoms with van der Waals surface area (Å²) < 4.78 is 7.68. The Labute approximate surface area is 191 Å². The molecule has 0 unspecified atom stereocenters. The van der Waals surface area contributed by atoms with Crippen molar-refractivity contribution in [2.24, 2.45) is 7.05 Å². The zero-order valence-corrected chi connectivity index (χ0v) is 18.3. The highest BCUT2D eigenvalue weighted by Crippen LogP contribution is 2.44. The quantitative estimate of drug-likeness (QED) is 0.457. The van der Waals surface area contributed by atoms with Crippen molar-refractivity contribution >= 4 is 23.0 Å². The maximum Gasteiger partial charge on any atom is 0.410 e. The monoisotopic (exact) mass is 440 g/mol. The van der Waals surface area contributed by atoms with E-state index in [9.17, 15) is 14.7 Å². The second-order valence-electron chi connectivity index (χ2n) is 8.37. The Morgan fingerprint density at radius 1 is 0.970 bits per heavy atom. The number of benzene rings is 3. The number of amides is 1. The number of aromatic nitrogens is 1. The molecule has 0 spiro atoms. The molecule has 6 heteroatoms. The standard InChI is InChI=1S/C27H24N2O4/c1-28-13-12-19-11-10-18(14-25(19)28)15-29(16-26(30)31)27(32)33-17-24-22-8-4-2-6-20(22)21-7-3-5-9-23(21)24/h2-14,24H,15-17H2,1H3,(H,30,31). The third-order valence-electron chi connectivity index (χ3n) is 6.25. The summed E-state index contributed by atoms with van der Waals surface area (Å²) in [6, 6.07) is 24.1. The van der Waals surface area contributed by atoms with E-state index < -0.39 is 18.6 Å². The van der Waals surface area contributed by atoms with Crippen molar-refractivity contribution in [3.63, 3.8) is 0 Å². The van der Waals surface area contributed by atoms with Crippen LogP contribution in [0.25, 0.3) is 22.0 Å². The largest absolute Gasteiger partial charge is 0.480 e. The number of rotatable bonds is 6. The van der Waals surface area contributed by atoms with Crippen LogP contribution in [-0.2, 0) is 23.1 Å². The number of ether oxygens (including phenoxy) is 1. The van der Waals surface area contributed by atoms with Crippen molar-refractivity contribution in [1.29, 1.82) is 0 Å². The van der Waals surface area contributed by atoms with Crippen molar-refractivity contribution in [3.05, 3.63) is 95.7 Å². The first kappa shape index (κ1) is 20.8. The molecule has 1 aliphatic carbocycles. The number of carboxylic acids is 1. The molecular weight excluding hydrogens is 416 g/mol. The number of nitrogens with zero attached hydrogens (tertiary/aromatic N) is 2. The zero-order chi connectivity index (χ0) is 22.9. The summed E-state index contributed by atoms with van der Waals surface area (Å²) in [5.74, 6) is -1.16. The Morgan fingerprint density at radius 2 is 1.64 bits per heavy atom. The van der Waals surface area contributed by atoms with Crippen molar-refractivity contribution in [1.82, 2.24) is 9.47 Å². The van der Waals surface area contributed by atoms with Crippen LogP contribution in [0, 0.1) is 0 Å². The Balaban J connectivity index is 1.35. The van der Waals surface area contributed by atoms with Gasteiger partial charge in [0.2, 0.25) is 0 Å². The molecule has 0 fully saturated rings. The fraction of sp³-hybridized carbons (Fsp3) is 0.185. The topological polar surface area (TPSA) is 71.8 Å². The van der Waals surface area contributed by atoms with E-state index in [1.165, 1.54) is 4.90 Å². The smallest absolute Gasteiger partial charge is 0.410 e. The number of aliphatic carboxylic acids is 1. The van der Waals surface area contributed by atoms with Crippen LogP contribution in [0.5, 0.6) is 0 Å². The lowest BCUT2D eigenvalue weighted by Gasteiger charge is -2.22. The molecule has 0 atom stereocenters. The maximum absolute atomic E-state index is 13.0. The number of fused-ring (bicyclic) bond motifs is 4. The normalized spacial score (nSPS) is 12.4. The zero-order valence-electron chi connectivity index (χ0n) is 18.3. The van der Waals surface area contributed by atoms with E-state index in [1.54, 1.807) is 0 Å². The molecule has 0 radical (unpaired) electrons. The summed E-state index contributed by atoms with van der Waals surface area (Å²) >= 11 is 0. The van der Waals surface area contributed by atoms with Gasteiger partial charge in [0.15, 0.2) is 0 Å². The average Bonchev–Trinajstić information content (AvgIpc) is 3.34. The molecule has 0 aliphatic heterocycles. The van der Waals surface area contributed by atoms with Gasteiger partial charge in [0.25, 0.3) is 0 Å². The highest BCUT2D eigenvalue weighted by Gasteiger charge is 2.30. The minimum atomic E-state index is -1.08. The molecule has 0 bridgehead atoms. The van der Waals surface area contributed by atoms with Crippen LogP contribution in [0.2, 0.25) is 0 Å². The van der Waals surface area contributed by atoms with E-state index in [1.807, 2.05) is 66.3 Å². The lowest BCUT2D eigenvalue weighted by Crippen LogP contribution is -2.36. The van der Waals surface area contributed by atoms with Gasteiger partial charge in [-0.05, 0) is 45.3 Å². The second-order valence-corrected chi connectivity index (χ2v) is 8.37. The van der Waals surface area contributed by atoms with Gasteiger partial charge >= 0.3 is 12.1 Å². The summed E-state index contributed by atoms with van der Waals surface area (Å²) in [7, 11) is 1.95. The van der Waals surface area contributed by atoms with E-state index >= 15 is 0 Å². The van der Waals surface area contributed by atoms with Crippen LogP contribution in [-0.4, -0.2) is 39.8 Å². The number of carbonyl (C=O) groups excluding carboxylic acids is 1. The predicted molar refractivity (Wildman–Crippen MR) is 126 cm³/mol. The molecule has 3 aromatic carbocycles. The van der Waals surface area contributed by atoms with Gasteiger partial charge in [-0.3, -0.25) is 9.69 Å². The first-order valence-corrected chi connectivity index (χ1v) is 10.9.